The number of aryl methyl sites for hydroxylation is 1. The van der Waals surface area contributed by atoms with Crippen molar-refractivity contribution in [1.82, 2.24) is 34.6 Å². The number of oxazole rings is 1. The summed E-state index contributed by atoms with van der Waals surface area (Å²) >= 11 is 0. The highest BCUT2D eigenvalue weighted by Crippen LogP contribution is 2.30. The van der Waals surface area contributed by atoms with Gasteiger partial charge in [0.2, 0.25) is 5.89 Å². The summed E-state index contributed by atoms with van der Waals surface area (Å²) in [5.74, 6) is 0.698. The third kappa shape index (κ3) is 3.90. The number of carbonyl (C=O) groups is 1. The molecule has 5 aromatic rings. The van der Waals surface area contributed by atoms with Crippen LogP contribution in [0.5, 0.6) is 0 Å². The van der Waals surface area contributed by atoms with Crippen molar-refractivity contribution >= 4 is 23.2 Å². The molecule has 0 radical (unpaired) electrons. The van der Waals surface area contributed by atoms with Gasteiger partial charge in [0.1, 0.15) is 23.4 Å². The lowest BCUT2D eigenvalue weighted by molar-refractivity contribution is 0.0946. The van der Waals surface area contributed by atoms with E-state index in [-0.39, 0.29) is 23.9 Å². The first-order valence-corrected chi connectivity index (χ1v) is 11.6. The van der Waals surface area contributed by atoms with E-state index < -0.39 is 5.91 Å². The van der Waals surface area contributed by atoms with E-state index in [2.05, 4.69) is 35.1 Å². The van der Waals surface area contributed by atoms with Gasteiger partial charge in [0.25, 0.3) is 5.91 Å². The number of hydrogen-bond donors (Lipinski definition) is 2. The van der Waals surface area contributed by atoms with Crippen LogP contribution in [-0.4, -0.2) is 48.3 Å². The van der Waals surface area contributed by atoms with Gasteiger partial charge in [0.15, 0.2) is 17.2 Å². The number of nitrogens with two attached hydrogens (primary N) is 1. The average molecular weight is 482 g/mol. The lowest BCUT2D eigenvalue weighted by Crippen LogP contribution is -2.37. The summed E-state index contributed by atoms with van der Waals surface area (Å²) in [6, 6.07) is 9.52. The Balaban J connectivity index is 1.34. The van der Waals surface area contributed by atoms with Crippen molar-refractivity contribution in [3.05, 3.63) is 72.3 Å². The molecule has 36 heavy (non-hydrogen) atoms. The molecule has 6 heterocycles. The third-order valence-corrected chi connectivity index (χ3v) is 6.14. The van der Waals surface area contributed by atoms with Gasteiger partial charge >= 0.3 is 0 Å². The van der Waals surface area contributed by atoms with Crippen molar-refractivity contribution in [3.63, 3.8) is 0 Å². The highest BCUT2D eigenvalue weighted by atomic mass is 16.3. The second-order valence-electron chi connectivity index (χ2n) is 8.55. The Bertz CT molecular complexity index is 1570. The second kappa shape index (κ2) is 8.77. The highest BCUT2D eigenvalue weighted by molar-refractivity contribution is 5.97. The van der Waals surface area contributed by atoms with Crippen LogP contribution in [0.25, 0.3) is 28.5 Å². The molecular formula is C25H23N9O2. The normalized spacial score (nSPS) is 13.1. The Morgan fingerprint density at radius 2 is 2.00 bits per heavy atom. The van der Waals surface area contributed by atoms with Gasteiger partial charge in [-0.05, 0) is 37.6 Å². The summed E-state index contributed by atoms with van der Waals surface area (Å²) < 4.78 is 7.42. The van der Waals surface area contributed by atoms with Gasteiger partial charge in [-0.1, -0.05) is 6.07 Å². The first-order valence-electron chi connectivity index (χ1n) is 11.6. The molecule has 1 aliphatic heterocycles. The number of aromatic nitrogens is 6. The minimum absolute atomic E-state index is 0.0154. The molecule has 3 N–H and O–H groups in total. The molecule has 1 fully saturated rings. The largest absolute Gasteiger partial charge is 0.443 e. The highest BCUT2D eigenvalue weighted by Gasteiger charge is 2.23. The maximum absolute atomic E-state index is 13.1. The Morgan fingerprint density at radius 3 is 2.78 bits per heavy atom. The Hall–Kier alpha value is -4.80. The molecule has 0 saturated carbocycles. The lowest BCUT2D eigenvalue weighted by Gasteiger charge is -2.32. The molecule has 1 amide bonds. The number of imidazole rings is 1. The summed E-state index contributed by atoms with van der Waals surface area (Å²) in [5, 5.41) is 2.87. The molecule has 1 saturated heterocycles. The van der Waals surface area contributed by atoms with Crippen LogP contribution < -0.4 is 16.0 Å². The third-order valence-electron chi connectivity index (χ3n) is 6.14. The second-order valence-corrected chi connectivity index (χ2v) is 8.55. The van der Waals surface area contributed by atoms with Gasteiger partial charge in [-0.2, -0.15) is 0 Å². The summed E-state index contributed by atoms with van der Waals surface area (Å²) in [5.41, 5.74) is 10.2. The standard InChI is InChI=1S/C25H23N9O2/c1-15-12-28-18-7-6-16(14-34(15)18)20-21(25-27-8-11-36-25)32-23(26)22(31-20)24(35)29-13-17-4-2-5-19(30-17)33-9-3-10-33/h2,4-8,11-12,14H,3,9-10,13H2,1H3,(H2,26,32)(H,29,35). The number of nitrogen functional groups attached to an aromatic ring is 1. The number of rotatable bonds is 6. The molecule has 0 spiro atoms. The molecule has 11 nitrogen and oxygen atoms in total. The van der Waals surface area contributed by atoms with E-state index in [0.29, 0.717) is 17.0 Å². The fourth-order valence-corrected chi connectivity index (χ4v) is 4.09. The van der Waals surface area contributed by atoms with Crippen molar-refractivity contribution in [2.45, 2.75) is 19.9 Å². The summed E-state index contributed by atoms with van der Waals surface area (Å²) in [6.45, 7) is 4.19. The molecule has 5 aromatic heterocycles. The fraction of sp³-hybridized carbons (Fsp3) is 0.200. The van der Waals surface area contributed by atoms with Crippen molar-refractivity contribution in [3.8, 4) is 22.8 Å². The number of nitrogens with one attached hydrogen (secondary N) is 1. The van der Waals surface area contributed by atoms with E-state index in [4.69, 9.17) is 10.2 Å². The maximum atomic E-state index is 13.1. The van der Waals surface area contributed by atoms with E-state index in [1.54, 1.807) is 6.20 Å². The number of pyridine rings is 2. The van der Waals surface area contributed by atoms with E-state index in [0.717, 1.165) is 35.9 Å². The van der Waals surface area contributed by atoms with E-state index in [1.807, 2.05) is 47.9 Å². The Kier molecular flexibility index (Phi) is 5.29. The van der Waals surface area contributed by atoms with Crippen LogP contribution in [0.3, 0.4) is 0 Å². The number of hydrogen-bond acceptors (Lipinski definition) is 9. The quantitative estimate of drug-likeness (QED) is 0.374. The number of carbonyl (C=O) groups excluding carboxylic acids is 1. The van der Waals surface area contributed by atoms with Gasteiger partial charge in [-0.25, -0.2) is 24.9 Å². The minimum Gasteiger partial charge on any atom is -0.443 e. The van der Waals surface area contributed by atoms with Crippen molar-refractivity contribution in [1.29, 1.82) is 0 Å². The summed E-state index contributed by atoms with van der Waals surface area (Å²) in [6.07, 6.45) is 7.80. The first-order chi connectivity index (χ1) is 17.6. The van der Waals surface area contributed by atoms with Crippen LogP contribution >= 0.6 is 0 Å². The SMILES string of the molecule is Cc1cnc2ccc(-c3nc(C(=O)NCc4cccc(N5CCC5)n4)c(N)nc3-c3ncco3)cn12. The van der Waals surface area contributed by atoms with Crippen LogP contribution in [0.2, 0.25) is 0 Å². The number of amides is 1. The van der Waals surface area contributed by atoms with Crippen molar-refractivity contribution < 1.29 is 9.21 Å². The van der Waals surface area contributed by atoms with Crippen molar-refractivity contribution in [2.24, 2.45) is 0 Å². The van der Waals surface area contributed by atoms with Crippen LogP contribution in [-0.2, 0) is 6.54 Å². The number of anilines is 2. The Labute approximate surface area is 206 Å². The molecule has 180 valence electrons. The monoisotopic (exact) mass is 481 g/mol. The maximum Gasteiger partial charge on any atom is 0.274 e. The smallest absolute Gasteiger partial charge is 0.274 e. The molecule has 1 aliphatic rings. The molecule has 0 atom stereocenters. The fourth-order valence-electron chi connectivity index (χ4n) is 4.09. The van der Waals surface area contributed by atoms with Crippen LogP contribution in [0.4, 0.5) is 11.6 Å². The van der Waals surface area contributed by atoms with Gasteiger partial charge in [-0.15, -0.1) is 0 Å². The molecule has 0 aromatic carbocycles. The first kappa shape index (κ1) is 21.7. The molecule has 11 heteroatoms. The van der Waals surface area contributed by atoms with E-state index in [1.165, 1.54) is 18.9 Å². The topological polar surface area (TPSA) is 140 Å². The molecule has 6 rings (SSSR count). The molecular weight excluding hydrogens is 458 g/mol. The predicted octanol–water partition coefficient (Wildman–Crippen LogP) is 2.87. The summed E-state index contributed by atoms with van der Waals surface area (Å²) in [4.78, 5) is 37.7. The van der Waals surface area contributed by atoms with Gasteiger partial charge < -0.3 is 24.8 Å². The van der Waals surface area contributed by atoms with Crippen LogP contribution in [0, 0.1) is 6.92 Å². The average Bonchev–Trinajstić information content (AvgIpc) is 3.52. The van der Waals surface area contributed by atoms with Crippen LogP contribution in [0.1, 0.15) is 28.3 Å². The predicted molar refractivity (Wildman–Crippen MR) is 133 cm³/mol. The minimum atomic E-state index is -0.448. The molecule has 0 unspecified atom stereocenters. The lowest BCUT2D eigenvalue weighted by atomic mass is 10.1. The van der Waals surface area contributed by atoms with Crippen molar-refractivity contribution in [2.75, 3.05) is 23.7 Å². The van der Waals surface area contributed by atoms with E-state index in [9.17, 15) is 4.79 Å². The van der Waals surface area contributed by atoms with Gasteiger partial charge in [0.05, 0.1) is 18.4 Å². The zero-order valence-electron chi connectivity index (χ0n) is 19.5. The zero-order chi connectivity index (χ0) is 24.6. The Morgan fingerprint density at radius 1 is 1.11 bits per heavy atom. The van der Waals surface area contributed by atoms with Crippen LogP contribution in [0.15, 0.2) is 59.6 Å². The zero-order valence-corrected chi connectivity index (χ0v) is 19.5. The van der Waals surface area contributed by atoms with Gasteiger partial charge in [0, 0.05) is 36.7 Å². The molecule has 0 aliphatic carbocycles. The summed E-state index contributed by atoms with van der Waals surface area (Å²) in [7, 11) is 0. The number of fused-ring (bicyclic) bond motifs is 1. The van der Waals surface area contributed by atoms with Gasteiger partial charge in [-0.3, -0.25) is 4.79 Å². The van der Waals surface area contributed by atoms with E-state index >= 15 is 0 Å². The number of nitrogens with zero attached hydrogens (tertiary/aromatic N) is 7. The molecule has 0 bridgehead atoms.